The summed E-state index contributed by atoms with van der Waals surface area (Å²) in [6.45, 7) is 42.4. The Labute approximate surface area is 273 Å². The van der Waals surface area contributed by atoms with Crippen LogP contribution in [0.4, 0.5) is 0 Å². The Hall–Kier alpha value is -3.93. The minimum Gasteiger partial charge on any atom is -0.455 e. The zero-order valence-corrected chi connectivity index (χ0v) is 29.5. The lowest BCUT2D eigenvalue weighted by Gasteiger charge is -2.23. The fourth-order valence-electron chi connectivity index (χ4n) is 4.10. The fourth-order valence-corrected chi connectivity index (χ4v) is 4.10. The van der Waals surface area contributed by atoms with Gasteiger partial charge in [0.05, 0.1) is 0 Å². The molecule has 6 heteroatoms. The molecule has 3 unspecified atom stereocenters. The maximum atomic E-state index is 6.44. The smallest absolute Gasteiger partial charge is 0.326 e. The van der Waals surface area contributed by atoms with E-state index in [1.165, 1.54) is 0 Å². The maximum Gasteiger partial charge on any atom is 0.326 e. The predicted molar refractivity (Wildman–Crippen MR) is 191 cm³/mol. The Morgan fingerprint density at radius 2 is 0.667 bits per heavy atom. The molecule has 0 aliphatic heterocycles. The lowest BCUT2D eigenvalue weighted by atomic mass is 10.0. The van der Waals surface area contributed by atoms with Gasteiger partial charge >= 0.3 is 18.0 Å². The Kier molecular flexibility index (Phi) is 16.9. The minimum absolute atomic E-state index is 0.111. The summed E-state index contributed by atoms with van der Waals surface area (Å²) in [4.78, 5) is 13.8. The number of nitrogens with zero attached hydrogens (tertiary/aromatic N) is 3. The molecule has 0 aliphatic carbocycles. The molecular weight excluding hydrogens is 558 g/mol. The largest absolute Gasteiger partial charge is 0.455 e. The summed E-state index contributed by atoms with van der Waals surface area (Å²) in [7, 11) is 0. The molecule has 0 saturated heterocycles. The summed E-state index contributed by atoms with van der Waals surface area (Å²) in [6.07, 6.45) is 9.37. The van der Waals surface area contributed by atoms with E-state index in [2.05, 4.69) is 72.7 Å². The zero-order chi connectivity index (χ0) is 34.3. The quantitative estimate of drug-likeness (QED) is 0.128. The van der Waals surface area contributed by atoms with Crippen molar-refractivity contribution in [3.63, 3.8) is 0 Å². The van der Waals surface area contributed by atoms with Crippen molar-refractivity contribution < 1.29 is 14.2 Å². The van der Waals surface area contributed by atoms with E-state index >= 15 is 0 Å². The first kappa shape index (κ1) is 39.1. The maximum absolute atomic E-state index is 6.44. The summed E-state index contributed by atoms with van der Waals surface area (Å²) in [6, 6.07) is 0.332. The molecule has 1 aromatic heterocycles. The lowest BCUT2D eigenvalue weighted by molar-refractivity contribution is 0.170. The van der Waals surface area contributed by atoms with Crippen molar-refractivity contribution >= 4 is 0 Å². The van der Waals surface area contributed by atoms with Crippen LogP contribution in [0, 0.1) is 0 Å². The summed E-state index contributed by atoms with van der Waals surface area (Å²) in [5.74, 6) is 0. The Morgan fingerprint density at radius 3 is 0.844 bits per heavy atom. The second-order valence-electron chi connectivity index (χ2n) is 12.8. The molecule has 0 bridgehead atoms. The van der Waals surface area contributed by atoms with Crippen LogP contribution in [-0.2, 0) is 0 Å². The van der Waals surface area contributed by atoms with Crippen LogP contribution in [0.1, 0.15) is 101 Å². The van der Waals surface area contributed by atoms with E-state index in [0.717, 1.165) is 69.4 Å². The highest BCUT2D eigenvalue weighted by Gasteiger charge is 2.23. The Bertz CT molecular complexity index is 1170. The predicted octanol–water partition coefficient (Wildman–Crippen LogP) is 10.7. The first-order valence-electron chi connectivity index (χ1n) is 15.6. The first-order chi connectivity index (χ1) is 21.0. The van der Waals surface area contributed by atoms with Crippen molar-refractivity contribution in [3.8, 4) is 18.0 Å². The highest BCUT2D eigenvalue weighted by molar-refractivity contribution is 5.21. The molecule has 0 spiro atoms. The third kappa shape index (κ3) is 16.6. The van der Waals surface area contributed by atoms with Crippen LogP contribution in [0.2, 0.25) is 0 Å². The molecule has 6 nitrogen and oxygen atoms in total. The van der Waals surface area contributed by atoms with Crippen molar-refractivity contribution in [2.75, 3.05) is 0 Å². The normalized spacial score (nSPS) is 14.2. The summed E-state index contributed by atoms with van der Waals surface area (Å²) in [5, 5.41) is 0. The SMILES string of the molecule is C=C(C)C/C=C(\C)C(CC(=C)C)Oc1nc(OC(CC(=C)C)/C(C)=C/CC(=C)C)nc(OC(CC(=C)C)/C(C)=C/CC(=C)C)n1. The van der Waals surface area contributed by atoms with Crippen LogP contribution >= 0.6 is 0 Å². The van der Waals surface area contributed by atoms with E-state index in [0.29, 0.717) is 19.3 Å². The van der Waals surface area contributed by atoms with Gasteiger partial charge in [0.1, 0.15) is 18.3 Å². The first-order valence-corrected chi connectivity index (χ1v) is 15.6. The van der Waals surface area contributed by atoms with Gasteiger partial charge < -0.3 is 14.2 Å². The number of ether oxygens (including phenoxy) is 3. The van der Waals surface area contributed by atoms with Gasteiger partial charge in [0.25, 0.3) is 0 Å². The van der Waals surface area contributed by atoms with Gasteiger partial charge in [-0.15, -0.1) is 15.0 Å². The lowest BCUT2D eigenvalue weighted by Crippen LogP contribution is -2.24. The van der Waals surface area contributed by atoms with Crippen molar-refractivity contribution in [1.82, 2.24) is 15.0 Å². The van der Waals surface area contributed by atoms with Gasteiger partial charge in [0, 0.05) is 19.3 Å². The zero-order valence-electron chi connectivity index (χ0n) is 29.5. The summed E-state index contributed by atoms with van der Waals surface area (Å²) < 4.78 is 19.3. The molecular formula is C39H57N3O3. The number of hydrogen-bond acceptors (Lipinski definition) is 6. The van der Waals surface area contributed by atoms with Crippen LogP contribution in [0.15, 0.2) is 108 Å². The molecule has 0 amide bonds. The van der Waals surface area contributed by atoms with Crippen LogP contribution < -0.4 is 14.2 Å². The molecule has 0 radical (unpaired) electrons. The number of hydrogen-bond donors (Lipinski definition) is 0. The third-order valence-corrected chi connectivity index (χ3v) is 6.76. The molecule has 0 aromatic carbocycles. The molecule has 246 valence electrons. The Morgan fingerprint density at radius 1 is 0.444 bits per heavy atom. The van der Waals surface area contributed by atoms with Crippen molar-refractivity contribution in [3.05, 3.63) is 108 Å². The molecule has 0 N–H and O–H groups in total. The second kappa shape index (κ2) is 19.5. The van der Waals surface area contributed by atoms with Crippen LogP contribution in [-0.4, -0.2) is 33.3 Å². The van der Waals surface area contributed by atoms with E-state index in [1.54, 1.807) is 0 Å². The van der Waals surface area contributed by atoms with Gasteiger partial charge in [0.15, 0.2) is 0 Å². The van der Waals surface area contributed by atoms with E-state index in [4.69, 9.17) is 14.2 Å². The third-order valence-electron chi connectivity index (χ3n) is 6.76. The van der Waals surface area contributed by atoms with E-state index < -0.39 is 0 Å². The topological polar surface area (TPSA) is 66.4 Å². The van der Waals surface area contributed by atoms with Crippen LogP contribution in [0.3, 0.4) is 0 Å². The average Bonchev–Trinajstić information content (AvgIpc) is 2.91. The molecule has 0 aliphatic rings. The Balaban J connectivity index is 3.71. The van der Waals surface area contributed by atoms with Crippen LogP contribution in [0.5, 0.6) is 18.0 Å². The fraction of sp³-hybridized carbons (Fsp3) is 0.462. The number of aromatic nitrogens is 3. The van der Waals surface area contributed by atoms with E-state index in [9.17, 15) is 0 Å². The molecule has 1 heterocycles. The summed E-state index contributed by atoms with van der Waals surface area (Å²) >= 11 is 0. The monoisotopic (exact) mass is 615 g/mol. The van der Waals surface area contributed by atoms with Gasteiger partial charge in [-0.25, -0.2) is 0 Å². The molecule has 3 atom stereocenters. The molecule has 45 heavy (non-hydrogen) atoms. The van der Waals surface area contributed by atoms with Crippen molar-refractivity contribution in [2.24, 2.45) is 0 Å². The molecule has 0 fully saturated rings. The standard InChI is InChI=1S/C39H57N3O3/c1-25(2)16-19-31(13)34(22-28(7)8)43-37-40-38(44-35(23-29(9)10)32(14)20-17-26(3)4)42-39(41-37)45-36(24-30(11)12)33(15)21-18-27(5)6/h19-21,34-36H,1,3,5,7,9,11,16-18,22-24H2,2,4,6,8,10,12-15H3/b31-19+,32-20+,33-21+. The molecule has 1 rings (SSSR count). The average molecular weight is 616 g/mol. The highest BCUT2D eigenvalue weighted by Crippen LogP contribution is 2.26. The van der Waals surface area contributed by atoms with Gasteiger partial charge in [0.2, 0.25) is 0 Å². The van der Waals surface area contributed by atoms with Gasteiger partial charge in [-0.2, -0.15) is 0 Å². The van der Waals surface area contributed by atoms with Crippen LogP contribution in [0.25, 0.3) is 0 Å². The highest BCUT2D eigenvalue weighted by atomic mass is 16.5. The number of rotatable bonds is 21. The number of allylic oxidation sites excluding steroid dienone is 6. The molecule has 0 saturated carbocycles. The van der Waals surface area contributed by atoms with E-state index in [-0.39, 0.29) is 36.3 Å². The second-order valence-corrected chi connectivity index (χ2v) is 12.8. The molecule has 1 aromatic rings. The van der Waals surface area contributed by atoms with E-state index in [1.807, 2.05) is 62.3 Å². The summed E-state index contributed by atoms with van der Waals surface area (Å²) in [5.41, 5.74) is 9.21. The van der Waals surface area contributed by atoms with Gasteiger partial charge in [-0.3, -0.25) is 0 Å². The van der Waals surface area contributed by atoms with Crippen molar-refractivity contribution in [1.29, 1.82) is 0 Å². The van der Waals surface area contributed by atoms with Gasteiger partial charge in [-0.1, -0.05) is 91.1 Å². The van der Waals surface area contributed by atoms with Gasteiger partial charge in [-0.05, 0) is 98.3 Å². The van der Waals surface area contributed by atoms with Crippen molar-refractivity contribution in [2.45, 2.75) is 119 Å². The minimum atomic E-state index is -0.336.